The third-order valence-electron chi connectivity index (χ3n) is 2.47. The first kappa shape index (κ1) is 12.9. The highest BCUT2D eigenvalue weighted by molar-refractivity contribution is 5.89. The Morgan fingerprint density at radius 3 is 2.74 bits per heavy atom. The van der Waals surface area contributed by atoms with E-state index in [4.69, 9.17) is 5.11 Å². The lowest BCUT2D eigenvalue weighted by Gasteiger charge is -2.08. The smallest absolute Gasteiger partial charge is 0.221 e. The second kappa shape index (κ2) is 5.86. The first-order valence-corrected chi connectivity index (χ1v) is 5.89. The third-order valence-corrected chi connectivity index (χ3v) is 2.47. The summed E-state index contributed by atoms with van der Waals surface area (Å²) in [5, 5.41) is 15.1. The van der Waals surface area contributed by atoms with E-state index in [9.17, 15) is 4.79 Å². The van der Waals surface area contributed by atoms with Crippen molar-refractivity contribution in [2.45, 2.75) is 13.5 Å². The van der Waals surface area contributed by atoms with Crippen LogP contribution in [0.5, 0.6) is 5.75 Å². The molecule has 0 spiro atoms. The van der Waals surface area contributed by atoms with Crippen LogP contribution in [0.25, 0.3) is 0 Å². The molecule has 0 saturated heterocycles. The molecule has 5 heteroatoms. The molecule has 0 unspecified atom stereocenters. The fraction of sp³-hybridized carbons (Fsp3) is 0.143. The van der Waals surface area contributed by atoms with Crippen molar-refractivity contribution in [3.8, 4) is 5.75 Å². The summed E-state index contributed by atoms with van der Waals surface area (Å²) in [6, 6.07) is 10.8. The number of aromatic hydroxyl groups is 1. The lowest BCUT2D eigenvalue weighted by Crippen LogP contribution is -2.06. The Hall–Kier alpha value is -2.56. The molecular formula is C14H15N3O2. The van der Waals surface area contributed by atoms with E-state index in [1.807, 2.05) is 24.3 Å². The number of carbonyl (C=O) groups is 1. The van der Waals surface area contributed by atoms with Crippen LogP contribution < -0.4 is 10.6 Å². The maximum atomic E-state index is 11.0. The van der Waals surface area contributed by atoms with Gasteiger partial charge < -0.3 is 15.7 Å². The Morgan fingerprint density at radius 1 is 1.26 bits per heavy atom. The number of pyridine rings is 1. The second-order valence-electron chi connectivity index (χ2n) is 4.12. The van der Waals surface area contributed by atoms with Gasteiger partial charge in [-0.3, -0.25) is 9.78 Å². The number of benzene rings is 1. The van der Waals surface area contributed by atoms with Crippen molar-refractivity contribution < 1.29 is 9.90 Å². The van der Waals surface area contributed by atoms with Crippen molar-refractivity contribution >= 4 is 17.3 Å². The Bertz CT molecular complexity index is 567. The molecule has 0 radical (unpaired) electrons. The van der Waals surface area contributed by atoms with Crippen LogP contribution in [0.15, 0.2) is 42.6 Å². The zero-order valence-electron chi connectivity index (χ0n) is 10.6. The standard InChI is InChI=1S/C14H15N3O2/c1-10(18)17-12-4-2-3-11(7-12)15-8-13-5-6-14(19)9-16-13/h2-7,9,15,19H,8H2,1H3,(H,17,18). The monoisotopic (exact) mass is 257 g/mol. The predicted molar refractivity (Wildman–Crippen MR) is 74.0 cm³/mol. The van der Waals surface area contributed by atoms with Crippen molar-refractivity contribution in [3.63, 3.8) is 0 Å². The van der Waals surface area contributed by atoms with Crippen LogP contribution in [-0.4, -0.2) is 16.0 Å². The van der Waals surface area contributed by atoms with Crippen LogP contribution in [0.2, 0.25) is 0 Å². The molecule has 0 aliphatic heterocycles. The van der Waals surface area contributed by atoms with Gasteiger partial charge >= 0.3 is 0 Å². The van der Waals surface area contributed by atoms with E-state index in [1.54, 1.807) is 12.1 Å². The number of nitrogens with one attached hydrogen (secondary N) is 2. The van der Waals surface area contributed by atoms with Crippen LogP contribution in [0.1, 0.15) is 12.6 Å². The maximum absolute atomic E-state index is 11.0. The van der Waals surface area contributed by atoms with E-state index >= 15 is 0 Å². The SMILES string of the molecule is CC(=O)Nc1cccc(NCc2ccc(O)cn2)c1. The predicted octanol–water partition coefficient (Wildman–Crippen LogP) is 2.36. The van der Waals surface area contributed by atoms with Crippen molar-refractivity contribution in [1.82, 2.24) is 4.98 Å². The molecule has 1 heterocycles. The zero-order valence-corrected chi connectivity index (χ0v) is 10.6. The number of hydrogen-bond donors (Lipinski definition) is 3. The molecule has 0 aliphatic carbocycles. The molecule has 1 aromatic carbocycles. The average Bonchev–Trinajstić information content (AvgIpc) is 2.38. The van der Waals surface area contributed by atoms with Gasteiger partial charge in [-0.1, -0.05) is 6.07 Å². The molecule has 0 saturated carbocycles. The Balaban J connectivity index is 1.99. The Morgan fingerprint density at radius 2 is 2.05 bits per heavy atom. The van der Waals surface area contributed by atoms with Crippen molar-refractivity contribution in [2.75, 3.05) is 10.6 Å². The van der Waals surface area contributed by atoms with E-state index in [0.29, 0.717) is 6.54 Å². The highest BCUT2D eigenvalue weighted by Crippen LogP contribution is 2.16. The van der Waals surface area contributed by atoms with E-state index in [-0.39, 0.29) is 11.7 Å². The summed E-state index contributed by atoms with van der Waals surface area (Å²) in [5.41, 5.74) is 2.46. The number of rotatable bonds is 4. The Kier molecular flexibility index (Phi) is 3.97. The minimum absolute atomic E-state index is 0.0997. The van der Waals surface area contributed by atoms with Gasteiger partial charge in [0, 0.05) is 18.3 Å². The third kappa shape index (κ3) is 3.99. The summed E-state index contributed by atoms with van der Waals surface area (Å²) < 4.78 is 0. The molecule has 98 valence electrons. The van der Waals surface area contributed by atoms with E-state index in [0.717, 1.165) is 17.1 Å². The van der Waals surface area contributed by atoms with Gasteiger partial charge in [-0.25, -0.2) is 0 Å². The van der Waals surface area contributed by atoms with Crippen LogP contribution in [0, 0.1) is 0 Å². The molecule has 19 heavy (non-hydrogen) atoms. The van der Waals surface area contributed by atoms with Crippen molar-refractivity contribution in [1.29, 1.82) is 0 Å². The number of aromatic nitrogens is 1. The highest BCUT2D eigenvalue weighted by Gasteiger charge is 1.99. The number of anilines is 2. The van der Waals surface area contributed by atoms with Gasteiger partial charge in [0.15, 0.2) is 0 Å². The minimum Gasteiger partial charge on any atom is -0.506 e. The van der Waals surface area contributed by atoms with E-state index < -0.39 is 0 Å². The topological polar surface area (TPSA) is 74.2 Å². The summed E-state index contributed by atoms with van der Waals surface area (Å²) >= 11 is 0. The van der Waals surface area contributed by atoms with Gasteiger partial charge in [-0.05, 0) is 30.3 Å². The van der Waals surface area contributed by atoms with Gasteiger partial charge in [0.25, 0.3) is 0 Å². The number of nitrogens with zero attached hydrogens (tertiary/aromatic N) is 1. The molecular weight excluding hydrogens is 242 g/mol. The molecule has 2 aromatic rings. The maximum Gasteiger partial charge on any atom is 0.221 e. The fourth-order valence-electron chi connectivity index (χ4n) is 1.62. The summed E-state index contributed by atoms with van der Waals surface area (Å²) in [4.78, 5) is 15.1. The van der Waals surface area contributed by atoms with Crippen molar-refractivity contribution in [2.24, 2.45) is 0 Å². The van der Waals surface area contributed by atoms with Crippen LogP contribution in [0.4, 0.5) is 11.4 Å². The summed E-state index contributed by atoms with van der Waals surface area (Å²) in [6.07, 6.45) is 1.41. The van der Waals surface area contributed by atoms with Gasteiger partial charge in [-0.2, -0.15) is 0 Å². The minimum atomic E-state index is -0.0997. The molecule has 0 aliphatic rings. The molecule has 0 atom stereocenters. The highest BCUT2D eigenvalue weighted by atomic mass is 16.3. The number of hydrogen-bond acceptors (Lipinski definition) is 4. The molecule has 2 rings (SSSR count). The molecule has 5 nitrogen and oxygen atoms in total. The molecule has 1 amide bonds. The van der Waals surface area contributed by atoms with Gasteiger partial charge in [0.2, 0.25) is 5.91 Å². The quantitative estimate of drug-likeness (QED) is 0.786. The van der Waals surface area contributed by atoms with Crippen LogP contribution >= 0.6 is 0 Å². The van der Waals surface area contributed by atoms with Crippen molar-refractivity contribution in [3.05, 3.63) is 48.3 Å². The van der Waals surface area contributed by atoms with Gasteiger partial charge in [-0.15, -0.1) is 0 Å². The molecule has 0 fully saturated rings. The van der Waals surface area contributed by atoms with Gasteiger partial charge in [0.1, 0.15) is 5.75 Å². The van der Waals surface area contributed by atoms with Crippen LogP contribution in [-0.2, 0) is 11.3 Å². The van der Waals surface area contributed by atoms with Gasteiger partial charge in [0.05, 0.1) is 18.4 Å². The Labute approximate surface area is 111 Å². The number of carbonyl (C=O) groups excluding carboxylic acids is 1. The largest absolute Gasteiger partial charge is 0.506 e. The normalized spacial score (nSPS) is 9.95. The summed E-state index contributed by atoms with van der Waals surface area (Å²) in [7, 11) is 0. The number of amides is 1. The molecule has 3 N–H and O–H groups in total. The fourth-order valence-corrected chi connectivity index (χ4v) is 1.62. The van der Waals surface area contributed by atoms with E-state index in [1.165, 1.54) is 13.1 Å². The molecule has 1 aromatic heterocycles. The second-order valence-corrected chi connectivity index (χ2v) is 4.12. The summed E-state index contributed by atoms with van der Waals surface area (Å²) in [5.74, 6) is 0.0498. The lowest BCUT2D eigenvalue weighted by molar-refractivity contribution is -0.114. The first-order chi connectivity index (χ1) is 9.13. The average molecular weight is 257 g/mol. The lowest BCUT2D eigenvalue weighted by atomic mass is 10.2. The summed E-state index contributed by atoms with van der Waals surface area (Å²) in [6.45, 7) is 2.02. The molecule has 0 bridgehead atoms. The van der Waals surface area contributed by atoms with E-state index in [2.05, 4.69) is 15.6 Å². The first-order valence-electron chi connectivity index (χ1n) is 5.89. The van der Waals surface area contributed by atoms with Crippen LogP contribution in [0.3, 0.4) is 0 Å². The zero-order chi connectivity index (χ0) is 13.7.